The van der Waals surface area contributed by atoms with Crippen molar-refractivity contribution in [3.8, 4) is 0 Å². The second-order valence-corrected chi connectivity index (χ2v) is 3.75. The van der Waals surface area contributed by atoms with Crippen LogP contribution in [-0.4, -0.2) is 24.4 Å². The lowest BCUT2D eigenvalue weighted by molar-refractivity contribution is -0.127. The summed E-state index contributed by atoms with van der Waals surface area (Å²) >= 11 is 0. The molecule has 0 spiro atoms. The average Bonchev–Trinajstić information content (AvgIpc) is 1.99. The molecule has 0 aliphatic carbocycles. The Kier molecular flexibility index (Phi) is 3.87. The normalized spacial score (nSPS) is 13.5. The maximum atomic E-state index is 11.0. The topological polar surface area (TPSA) is 98.2 Å². The largest absolute Gasteiger partial charge is 0.369 e. The van der Waals surface area contributed by atoms with Crippen molar-refractivity contribution in [2.24, 2.45) is 16.9 Å². The predicted molar refractivity (Wildman–Crippen MR) is 49.6 cm³/mol. The number of rotatable bonds is 4. The van der Waals surface area contributed by atoms with E-state index in [1.54, 1.807) is 20.8 Å². The molecule has 76 valence electrons. The van der Waals surface area contributed by atoms with Gasteiger partial charge in [-0.05, 0) is 20.8 Å². The third-order valence-electron chi connectivity index (χ3n) is 1.79. The number of nitrogens with two attached hydrogens (primary N) is 2. The van der Waals surface area contributed by atoms with E-state index in [0.717, 1.165) is 0 Å². The van der Waals surface area contributed by atoms with E-state index in [9.17, 15) is 9.59 Å². The standard InChI is InChI=1S/C8H17N3O2/c1-5(9)6(12)11-4-8(2,3)7(10)13/h5H,4,9H2,1-3H3,(H2,10,13)(H,11,12). The van der Waals surface area contributed by atoms with Gasteiger partial charge in [0.1, 0.15) is 0 Å². The van der Waals surface area contributed by atoms with E-state index < -0.39 is 17.4 Å². The molecule has 0 heterocycles. The van der Waals surface area contributed by atoms with Crippen molar-refractivity contribution in [3.05, 3.63) is 0 Å². The predicted octanol–water partition coefficient (Wildman–Crippen LogP) is -1.04. The highest BCUT2D eigenvalue weighted by Crippen LogP contribution is 2.11. The molecule has 0 aromatic heterocycles. The molecule has 5 N–H and O–H groups in total. The number of hydrogen-bond donors (Lipinski definition) is 3. The van der Waals surface area contributed by atoms with E-state index in [1.165, 1.54) is 0 Å². The highest BCUT2D eigenvalue weighted by molar-refractivity contribution is 5.83. The first-order chi connectivity index (χ1) is 5.77. The molecule has 0 aliphatic heterocycles. The van der Waals surface area contributed by atoms with Gasteiger partial charge in [-0.3, -0.25) is 9.59 Å². The number of amides is 2. The Labute approximate surface area is 77.8 Å². The summed E-state index contributed by atoms with van der Waals surface area (Å²) in [5.41, 5.74) is 9.69. The molecular formula is C8H17N3O2. The molecule has 0 bridgehead atoms. The molecule has 13 heavy (non-hydrogen) atoms. The Balaban J connectivity index is 4.03. The van der Waals surface area contributed by atoms with Gasteiger partial charge in [0, 0.05) is 6.54 Å². The first-order valence-corrected chi connectivity index (χ1v) is 4.10. The summed E-state index contributed by atoms with van der Waals surface area (Å²) in [6.07, 6.45) is 0. The van der Waals surface area contributed by atoms with Gasteiger partial charge in [0.25, 0.3) is 0 Å². The van der Waals surface area contributed by atoms with Crippen molar-refractivity contribution in [1.82, 2.24) is 5.32 Å². The maximum Gasteiger partial charge on any atom is 0.236 e. The van der Waals surface area contributed by atoms with Gasteiger partial charge in [-0.15, -0.1) is 0 Å². The van der Waals surface area contributed by atoms with Crippen molar-refractivity contribution in [2.45, 2.75) is 26.8 Å². The summed E-state index contributed by atoms with van der Waals surface area (Å²) in [6.45, 7) is 5.11. The summed E-state index contributed by atoms with van der Waals surface area (Å²) < 4.78 is 0. The smallest absolute Gasteiger partial charge is 0.236 e. The molecule has 0 saturated heterocycles. The Bertz CT molecular complexity index is 211. The van der Waals surface area contributed by atoms with Gasteiger partial charge in [-0.25, -0.2) is 0 Å². The lowest BCUT2D eigenvalue weighted by Gasteiger charge is -2.21. The lowest BCUT2D eigenvalue weighted by Crippen LogP contribution is -2.46. The summed E-state index contributed by atoms with van der Waals surface area (Å²) in [6, 6.07) is -0.566. The molecule has 0 aromatic carbocycles. The Hall–Kier alpha value is -1.10. The Morgan fingerprint density at radius 1 is 1.46 bits per heavy atom. The number of carbonyl (C=O) groups is 2. The molecule has 0 radical (unpaired) electrons. The van der Waals surface area contributed by atoms with Gasteiger partial charge in [0.05, 0.1) is 11.5 Å². The van der Waals surface area contributed by atoms with Crippen LogP contribution in [-0.2, 0) is 9.59 Å². The summed E-state index contributed by atoms with van der Waals surface area (Å²) in [4.78, 5) is 21.9. The van der Waals surface area contributed by atoms with E-state index in [2.05, 4.69) is 5.32 Å². The van der Waals surface area contributed by atoms with E-state index in [0.29, 0.717) is 0 Å². The Morgan fingerprint density at radius 2 is 1.92 bits per heavy atom. The molecule has 1 atom stereocenters. The number of carbonyl (C=O) groups excluding carboxylic acids is 2. The van der Waals surface area contributed by atoms with Crippen LogP contribution in [0, 0.1) is 5.41 Å². The van der Waals surface area contributed by atoms with Crippen LogP contribution in [0.25, 0.3) is 0 Å². The third kappa shape index (κ3) is 3.89. The maximum absolute atomic E-state index is 11.0. The minimum Gasteiger partial charge on any atom is -0.369 e. The van der Waals surface area contributed by atoms with Gasteiger partial charge < -0.3 is 16.8 Å². The fourth-order valence-corrected chi connectivity index (χ4v) is 0.556. The zero-order valence-electron chi connectivity index (χ0n) is 8.26. The van der Waals surface area contributed by atoms with Crippen LogP contribution in [0.3, 0.4) is 0 Å². The summed E-state index contributed by atoms with van der Waals surface area (Å²) in [5.74, 6) is -0.730. The van der Waals surface area contributed by atoms with Crippen molar-refractivity contribution in [3.63, 3.8) is 0 Å². The van der Waals surface area contributed by atoms with Gasteiger partial charge in [-0.2, -0.15) is 0 Å². The number of nitrogens with one attached hydrogen (secondary N) is 1. The second-order valence-electron chi connectivity index (χ2n) is 3.75. The molecule has 1 unspecified atom stereocenters. The van der Waals surface area contributed by atoms with Gasteiger partial charge in [0.15, 0.2) is 0 Å². The SMILES string of the molecule is CC(N)C(=O)NCC(C)(C)C(N)=O. The quantitative estimate of drug-likeness (QED) is 0.524. The monoisotopic (exact) mass is 187 g/mol. The minimum absolute atomic E-state index is 0.211. The second kappa shape index (κ2) is 4.23. The molecule has 0 saturated carbocycles. The molecule has 0 rings (SSSR count). The van der Waals surface area contributed by atoms with Crippen LogP contribution in [0.4, 0.5) is 0 Å². The van der Waals surface area contributed by atoms with E-state index >= 15 is 0 Å². The summed E-state index contributed by atoms with van der Waals surface area (Å²) in [7, 11) is 0. The molecule has 2 amide bonds. The number of primary amides is 1. The van der Waals surface area contributed by atoms with E-state index in [4.69, 9.17) is 11.5 Å². The first kappa shape index (κ1) is 11.9. The Morgan fingerprint density at radius 3 is 2.23 bits per heavy atom. The lowest BCUT2D eigenvalue weighted by atomic mass is 9.93. The van der Waals surface area contributed by atoms with Crippen LogP contribution >= 0.6 is 0 Å². The molecule has 5 nitrogen and oxygen atoms in total. The van der Waals surface area contributed by atoms with Crippen LogP contribution in [0.5, 0.6) is 0 Å². The number of hydrogen-bond acceptors (Lipinski definition) is 3. The molecule has 0 fully saturated rings. The van der Waals surface area contributed by atoms with Gasteiger partial charge >= 0.3 is 0 Å². The fraction of sp³-hybridized carbons (Fsp3) is 0.750. The van der Waals surface area contributed by atoms with E-state index in [-0.39, 0.29) is 12.5 Å². The van der Waals surface area contributed by atoms with Crippen LogP contribution in [0.2, 0.25) is 0 Å². The summed E-state index contributed by atoms with van der Waals surface area (Å²) in [5, 5.41) is 2.54. The van der Waals surface area contributed by atoms with Crippen LogP contribution < -0.4 is 16.8 Å². The highest BCUT2D eigenvalue weighted by atomic mass is 16.2. The molecule has 0 aromatic rings. The van der Waals surface area contributed by atoms with Crippen molar-refractivity contribution in [1.29, 1.82) is 0 Å². The van der Waals surface area contributed by atoms with Gasteiger partial charge in [-0.1, -0.05) is 0 Å². The zero-order valence-corrected chi connectivity index (χ0v) is 8.26. The molecule has 5 heteroatoms. The van der Waals surface area contributed by atoms with Crippen LogP contribution in [0.1, 0.15) is 20.8 Å². The molecular weight excluding hydrogens is 170 g/mol. The minimum atomic E-state index is -0.732. The van der Waals surface area contributed by atoms with Crippen molar-refractivity contribution < 1.29 is 9.59 Å². The van der Waals surface area contributed by atoms with Gasteiger partial charge in [0.2, 0.25) is 11.8 Å². The van der Waals surface area contributed by atoms with E-state index in [1.807, 2.05) is 0 Å². The first-order valence-electron chi connectivity index (χ1n) is 4.10. The van der Waals surface area contributed by atoms with Crippen molar-refractivity contribution in [2.75, 3.05) is 6.54 Å². The zero-order chi connectivity index (χ0) is 10.6. The molecule has 0 aliphatic rings. The third-order valence-corrected chi connectivity index (χ3v) is 1.79. The highest BCUT2D eigenvalue weighted by Gasteiger charge is 2.25. The van der Waals surface area contributed by atoms with Crippen molar-refractivity contribution >= 4 is 11.8 Å². The van der Waals surface area contributed by atoms with Crippen LogP contribution in [0.15, 0.2) is 0 Å². The fourth-order valence-electron chi connectivity index (χ4n) is 0.556. The average molecular weight is 187 g/mol.